The second-order valence-corrected chi connectivity index (χ2v) is 9.31. The molecular weight excluding hydrogens is 387 g/mol. The molecule has 2 saturated heterocycles. The maximum absolute atomic E-state index is 12.2. The van der Waals surface area contributed by atoms with Crippen molar-refractivity contribution in [2.45, 2.75) is 62.0 Å². The first-order valence-electron chi connectivity index (χ1n) is 7.71. The molecule has 3 unspecified atom stereocenters. The lowest BCUT2D eigenvalue weighted by atomic mass is 9.58. The zero-order valence-corrected chi connectivity index (χ0v) is 14.8. The molecule has 7 atom stereocenters. The molecule has 21 heavy (non-hydrogen) atoms. The Morgan fingerprint density at radius 1 is 1.29 bits per heavy atom. The summed E-state index contributed by atoms with van der Waals surface area (Å²) in [4.78, 5) is 17.3. The van der Waals surface area contributed by atoms with Crippen molar-refractivity contribution in [3.05, 3.63) is 0 Å². The topological polar surface area (TPSA) is 65.0 Å². The zero-order valence-electron chi connectivity index (χ0n) is 12.7. The van der Waals surface area contributed by atoms with Gasteiger partial charge < -0.3 is 9.47 Å². The number of hydrogen-bond acceptors (Lipinski definition) is 5. The summed E-state index contributed by atoms with van der Waals surface area (Å²) in [7, 11) is 0. The van der Waals surface area contributed by atoms with Crippen LogP contribution >= 0.6 is 22.6 Å². The summed E-state index contributed by atoms with van der Waals surface area (Å²) in [6.07, 6.45) is 2.82. The molecule has 0 aromatic carbocycles. The smallest absolute Gasteiger partial charge is 0.311 e. The maximum atomic E-state index is 12.2. The van der Waals surface area contributed by atoms with Crippen molar-refractivity contribution >= 4 is 28.6 Å². The number of hydrogen-bond donors (Lipinski definition) is 1. The predicted molar refractivity (Wildman–Crippen MR) is 83.6 cm³/mol. The number of carbonyl (C=O) groups is 1. The van der Waals surface area contributed by atoms with Gasteiger partial charge in [-0.25, -0.2) is 4.89 Å². The quantitative estimate of drug-likeness (QED) is 0.236. The summed E-state index contributed by atoms with van der Waals surface area (Å²) in [5.74, 6) is -0.0295. The summed E-state index contributed by atoms with van der Waals surface area (Å²) in [6, 6.07) is 0. The maximum Gasteiger partial charge on any atom is 0.311 e. The fourth-order valence-electron chi connectivity index (χ4n) is 4.55. The molecular formula is C15H23IO5. The van der Waals surface area contributed by atoms with Crippen molar-refractivity contribution in [2.24, 2.45) is 23.7 Å². The standard InChI is InChI=1S/C15H23IO5/c1-8-4-5-11-9(2)12(17)19-13-15(11,21-18)10(8)6-7-14(3,16)20-13/h8-11,13,18H,4-7H2,1-3H3/t8-,9-,10?,11?,13-,14?,15-/m1/s1. The molecule has 5 nitrogen and oxygen atoms in total. The van der Waals surface area contributed by atoms with E-state index in [9.17, 15) is 10.1 Å². The highest BCUT2D eigenvalue weighted by Crippen LogP contribution is 2.57. The van der Waals surface area contributed by atoms with E-state index in [0.29, 0.717) is 5.92 Å². The van der Waals surface area contributed by atoms with Gasteiger partial charge in [-0.15, -0.1) is 0 Å². The summed E-state index contributed by atoms with van der Waals surface area (Å²) >= 11 is 2.25. The van der Waals surface area contributed by atoms with Crippen LogP contribution in [-0.4, -0.2) is 26.7 Å². The molecule has 2 heterocycles. The highest BCUT2D eigenvalue weighted by Gasteiger charge is 2.66. The van der Waals surface area contributed by atoms with Gasteiger partial charge in [0.2, 0.25) is 6.29 Å². The molecule has 0 amide bonds. The minimum absolute atomic E-state index is 0.0553. The van der Waals surface area contributed by atoms with E-state index >= 15 is 0 Å². The number of rotatable bonds is 1. The van der Waals surface area contributed by atoms with Crippen LogP contribution in [0.4, 0.5) is 0 Å². The minimum Gasteiger partial charge on any atom is -0.432 e. The van der Waals surface area contributed by atoms with Crippen LogP contribution in [-0.2, 0) is 19.2 Å². The molecule has 0 spiro atoms. The van der Waals surface area contributed by atoms with Gasteiger partial charge in [0.25, 0.3) is 0 Å². The second kappa shape index (κ2) is 5.32. The first kappa shape index (κ1) is 16.0. The van der Waals surface area contributed by atoms with Crippen LogP contribution in [0.25, 0.3) is 0 Å². The average Bonchev–Trinajstić information content (AvgIpc) is 2.53. The Morgan fingerprint density at radius 3 is 2.67 bits per heavy atom. The SMILES string of the molecule is C[C@@H]1CCC2[C@@H](C)C(=O)O[C@@H]3OC(C)(I)CCC1[C@@]23OO. The van der Waals surface area contributed by atoms with Gasteiger partial charge in [0.15, 0.2) is 5.60 Å². The van der Waals surface area contributed by atoms with Gasteiger partial charge in [-0.2, -0.15) is 0 Å². The Hall–Kier alpha value is 0.0800. The van der Waals surface area contributed by atoms with Gasteiger partial charge in [-0.1, -0.05) is 13.8 Å². The molecule has 1 N–H and O–H groups in total. The van der Waals surface area contributed by atoms with Crippen molar-refractivity contribution in [1.29, 1.82) is 0 Å². The summed E-state index contributed by atoms with van der Waals surface area (Å²) in [5.41, 5.74) is -0.923. The van der Waals surface area contributed by atoms with E-state index in [1.165, 1.54) is 0 Å². The van der Waals surface area contributed by atoms with E-state index in [2.05, 4.69) is 29.5 Å². The van der Waals surface area contributed by atoms with E-state index in [0.717, 1.165) is 25.7 Å². The van der Waals surface area contributed by atoms with Crippen LogP contribution in [0.3, 0.4) is 0 Å². The van der Waals surface area contributed by atoms with E-state index in [4.69, 9.17) is 14.4 Å². The predicted octanol–water partition coefficient (Wildman–Crippen LogP) is 3.36. The molecule has 0 bridgehead atoms. The number of carbonyl (C=O) groups excluding carboxylic acids is 1. The second-order valence-electron chi connectivity index (χ2n) is 7.03. The molecule has 6 heteroatoms. The van der Waals surface area contributed by atoms with E-state index in [1.807, 2.05) is 13.8 Å². The van der Waals surface area contributed by atoms with Gasteiger partial charge in [0, 0.05) is 11.8 Å². The number of esters is 1. The number of ether oxygens (including phenoxy) is 2. The highest BCUT2D eigenvalue weighted by molar-refractivity contribution is 14.1. The highest BCUT2D eigenvalue weighted by atomic mass is 127. The minimum atomic E-state index is -0.923. The average molecular weight is 410 g/mol. The van der Waals surface area contributed by atoms with Crippen LogP contribution in [0, 0.1) is 23.7 Å². The molecule has 0 aromatic rings. The number of alkyl halides is 1. The zero-order chi connectivity index (χ0) is 15.4. The Balaban J connectivity index is 2.09. The molecule has 1 saturated carbocycles. The van der Waals surface area contributed by atoms with Crippen LogP contribution < -0.4 is 0 Å². The Kier molecular flexibility index (Phi) is 4.04. The lowest BCUT2D eigenvalue weighted by Crippen LogP contribution is -2.66. The van der Waals surface area contributed by atoms with Gasteiger partial charge in [0.05, 0.1) is 5.92 Å². The van der Waals surface area contributed by atoms with Crippen molar-refractivity contribution < 1.29 is 24.4 Å². The third-order valence-electron chi connectivity index (χ3n) is 5.76. The van der Waals surface area contributed by atoms with Gasteiger partial charge in [0.1, 0.15) is 3.61 Å². The fourth-order valence-corrected chi connectivity index (χ4v) is 5.09. The molecule has 3 rings (SSSR count). The third-order valence-corrected chi connectivity index (χ3v) is 6.55. The Bertz CT molecular complexity index is 440. The van der Waals surface area contributed by atoms with Crippen LogP contribution in [0.15, 0.2) is 0 Å². The monoisotopic (exact) mass is 410 g/mol. The van der Waals surface area contributed by atoms with Crippen molar-refractivity contribution in [1.82, 2.24) is 0 Å². The molecule has 3 aliphatic rings. The molecule has 120 valence electrons. The largest absolute Gasteiger partial charge is 0.432 e. The lowest BCUT2D eigenvalue weighted by Gasteiger charge is -2.55. The Morgan fingerprint density at radius 2 is 2.00 bits per heavy atom. The fraction of sp³-hybridized carbons (Fsp3) is 0.933. The molecule has 0 radical (unpaired) electrons. The molecule has 0 aromatic heterocycles. The van der Waals surface area contributed by atoms with E-state index in [-0.39, 0.29) is 23.7 Å². The normalized spacial score (nSPS) is 53.6. The third kappa shape index (κ3) is 2.33. The first-order valence-corrected chi connectivity index (χ1v) is 8.79. The lowest BCUT2D eigenvalue weighted by molar-refractivity contribution is -0.425. The van der Waals surface area contributed by atoms with Crippen molar-refractivity contribution in [2.75, 3.05) is 0 Å². The first-order chi connectivity index (χ1) is 9.82. The molecule has 2 aliphatic heterocycles. The van der Waals surface area contributed by atoms with Crippen LogP contribution in [0.5, 0.6) is 0 Å². The van der Waals surface area contributed by atoms with E-state index < -0.39 is 15.5 Å². The number of halogens is 1. The summed E-state index contributed by atoms with van der Waals surface area (Å²) < 4.78 is 11.2. The summed E-state index contributed by atoms with van der Waals surface area (Å²) in [5, 5.41) is 9.83. The van der Waals surface area contributed by atoms with E-state index in [1.54, 1.807) is 0 Å². The molecule has 1 aliphatic carbocycles. The summed E-state index contributed by atoms with van der Waals surface area (Å²) in [6.45, 7) is 6.04. The Labute approximate surface area is 138 Å². The van der Waals surface area contributed by atoms with Gasteiger partial charge >= 0.3 is 5.97 Å². The van der Waals surface area contributed by atoms with Crippen LogP contribution in [0.1, 0.15) is 46.5 Å². The van der Waals surface area contributed by atoms with Gasteiger partial charge in [-0.05, 0) is 61.1 Å². The van der Waals surface area contributed by atoms with Gasteiger partial charge in [-0.3, -0.25) is 10.1 Å². The van der Waals surface area contributed by atoms with Crippen molar-refractivity contribution in [3.63, 3.8) is 0 Å². The molecule has 3 fully saturated rings. The van der Waals surface area contributed by atoms with Crippen molar-refractivity contribution in [3.8, 4) is 0 Å². The van der Waals surface area contributed by atoms with Crippen LogP contribution in [0.2, 0.25) is 0 Å².